The Kier molecular flexibility index (Phi) is 3.09. The van der Waals surface area contributed by atoms with Crippen molar-refractivity contribution >= 4 is 39.2 Å². The monoisotopic (exact) mass is 325 g/mol. The van der Waals surface area contributed by atoms with Crippen molar-refractivity contribution in [2.45, 2.75) is 0 Å². The van der Waals surface area contributed by atoms with Crippen LogP contribution in [0, 0.1) is 0 Å². The number of benzene rings is 2. The maximum atomic E-state index is 12.7. The van der Waals surface area contributed by atoms with Crippen LogP contribution in [-0.2, 0) is 0 Å². The third-order valence-corrected chi connectivity index (χ3v) is 4.13. The molecule has 0 spiro atoms. The molecule has 4 aromatic rings. The summed E-state index contributed by atoms with van der Waals surface area (Å²) in [6.07, 6.45) is 0. The second kappa shape index (κ2) is 5.14. The number of hydrogen-bond acceptors (Lipinski definition) is 3. The van der Waals surface area contributed by atoms with Gasteiger partial charge in [-0.25, -0.2) is 0 Å². The molecule has 0 amide bonds. The molecule has 5 nitrogen and oxygen atoms in total. The second-order valence-electron chi connectivity index (χ2n) is 5.23. The molecule has 0 aliphatic carbocycles. The number of hydrogen-bond donors (Lipinski definition) is 2. The van der Waals surface area contributed by atoms with E-state index >= 15 is 0 Å². The smallest absolute Gasteiger partial charge is 0.209 e. The summed E-state index contributed by atoms with van der Waals surface area (Å²) >= 11 is 6.04. The van der Waals surface area contributed by atoms with Gasteiger partial charge in [0.05, 0.1) is 18.3 Å². The molecule has 0 fully saturated rings. The molecule has 0 aliphatic heterocycles. The van der Waals surface area contributed by atoms with Gasteiger partial charge in [-0.15, -0.1) is 0 Å². The van der Waals surface area contributed by atoms with Crippen LogP contribution in [0.4, 0.5) is 0 Å². The van der Waals surface area contributed by atoms with Crippen molar-refractivity contribution < 1.29 is 9.53 Å². The number of rotatable bonds is 3. The molecule has 6 heteroatoms. The third kappa shape index (κ3) is 2.26. The third-order valence-electron chi connectivity index (χ3n) is 3.84. The SMILES string of the molecule is COc1ccc2[nH]c(C(=O)c3ccc4n[nH]c(Cl)c4c3)cc2c1. The van der Waals surface area contributed by atoms with Crippen molar-refractivity contribution in [1.29, 1.82) is 0 Å². The molecule has 0 aliphatic rings. The minimum atomic E-state index is -0.0978. The number of carbonyl (C=O) groups is 1. The van der Waals surface area contributed by atoms with Crippen LogP contribution in [0.5, 0.6) is 5.75 Å². The van der Waals surface area contributed by atoms with Crippen LogP contribution in [-0.4, -0.2) is 28.1 Å². The van der Waals surface area contributed by atoms with Gasteiger partial charge in [0.25, 0.3) is 0 Å². The largest absolute Gasteiger partial charge is 0.497 e. The van der Waals surface area contributed by atoms with Crippen LogP contribution in [0.25, 0.3) is 21.8 Å². The minimum absolute atomic E-state index is 0.0978. The molecular weight excluding hydrogens is 314 g/mol. The first-order valence-electron chi connectivity index (χ1n) is 7.01. The second-order valence-corrected chi connectivity index (χ2v) is 5.61. The molecule has 2 aromatic carbocycles. The lowest BCUT2D eigenvalue weighted by atomic mass is 10.1. The molecule has 0 atom stereocenters. The van der Waals surface area contributed by atoms with E-state index in [2.05, 4.69) is 15.2 Å². The average molecular weight is 326 g/mol. The van der Waals surface area contributed by atoms with Gasteiger partial charge >= 0.3 is 0 Å². The molecule has 0 radical (unpaired) electrons. The number of aromatic nitrogens is 3. The van der Waals surface area contributed by atoms with Crippen LogP contribution in [0.1, 0.15) is 16.1 Å². The highest BCUT2D eigenvalue weighted by atomic mass is 35.5. The summed E-state index contributed by atoms with van der Waals surface area (Å²) in [6, 6.07) is 12.7. The molecule has 0 saturated heterocycles. The van der Waals surface area contributed by atoms with Crippen molar-refractivity contribution in [2.75, 3.05) is 7.11 Å². The van der Waals surface area contributed by atoms with Crippen LogP contribution in [0.2, 0.25) is 5.15 Å². The van der Waals surface area contributed by atoms with E-state index in [0.717, 1.165) is 27.6 Å². The van der Waals surface area contributed by atoms with Crippen molar-refractivity contribution in [3.63, 3.8) is 0 Å². The van der Waals surface area contributed by atoms with Crippen molar-refractivity contribution in [3.05, 3.63) is 58.9 Å². The highest BCUT2D eigenvalue weighted by molar-refractivity contribution is 6.34. The van der Waals surface area contributed by atoms with E-state index < -0.39 is 0 Å². The first kappa shape index (κ1) is 13.8. The summed E-state index contributed by atoms with van der Waals surface area (Å²) in [7, 11) is 1.61. The van der Waals surface area contributed by atoms with E-state index in [4.69, 9.17) is 16.3 Å². The standard InChI is InChI=1S/C17H12ClN3O2/c1-23-11-3-5-13-10(6-11)8-15(19-13)16(22)9-2-4-14-12(7-9)17(18)21-20-14/h2-8,19H,1H3,(H,20,21). The molecule has 0 bridgehead atoms. The van der Waals surface area contributed by atoms with Gasteiger partial charge in [-0.1, -0.05) is 11.6 Å². The minimum Gasteiger partial charge on any atom is -0.497 e. The van der Waals surface area contributed by atoms with Crippen LogP contribution >= 0.6 is 11.6 Å². The molecule has 0 unspecified atom stereocenters. The number of methoxy groups -OCH3 is 1. The number of H-pyrrole nitrogens is 2. The predicted octanol–water partition coefficient (Wildman–Crippen LogP) is 3.94. The summed E-state index contributed by atoms with van der Waals surface area (Å²) in [4.78, 5) is 15.9. The molecule has 23 heavy (non-hydrogen) atoms. The van der Waals surface area contributed by atoms with Crippen molar-refractivity contribution in [1.82, 2.24) is 15.2 Å². The number of nitrogens with one attached hydrogen (secondary N) is 2. The Morgan fingerprint density at radius 2 is 2.04 bits per heavy atom. The Hall–Kier alpha value is -2.79. The lowest BCUT2D eigenvalue weighted by Gasteiger charge is -1.98. The van der Waals surface area contributed by atoms with E-state index in [1.54, 1.807) is 25.3 Å². The zero-order valence-corrected chi connectivity index (χ0v) is 12.9. The number of halogens is 1. The Morgan fingerprint density at radius 1 is 1.17 bits per heavy atom. The fourth-order valence-electron chi connectivity index (χ4n) is 2.64. The zero-order valence-electron chi connectivity index (χ0n) is 12.2. The fraction of sp³-hybridized carbons (Fsp3) is 0.0588. The fourth-order valence-corrected chi connectivity index (χ4v) is 2.83. The number of ether oxygens (including phenoxy) is 1. The summed E-state index contributed by atoms with van der Waals surface area (Å²) in [5.74, 6) is 0.654. The predicted molar refractivity (Wildman–Crippen MR) is 89.4 cm³/mol. The van der Waals surface area contributed by atoms with Gasteiger partial charge in [-0.3, -0.25) is 9.89 Å². The average Bonchev–Trinajstić information content (AvgIpc) is 3.17. The molecular formula is C17H12ClN3O2. The lowest BCUT2D eigenvalue weighted by Crippen LogP contribution is -2.01. The Labute approximate surface area is 136 Å². The van der Waals surface area contributed by atoms with Gasteiger partial charge in [0.2, 0.25) is 5.78 Å². The zero-order chi connectivity index (χ0) is 16.0. The maximum Gasteiger partial charge on any atom is 0.209 e. The molecule has 2 N–H and O–H groups in total. The number of ketones is 1. The normalized spacial score (nSPS) is 11.2. The number of carbonyl (C=O) groups excluding carboxylic acids is 1. The van der Waals surface area contributed by atoms with Crippen LogP contribution in [0.3, 0.4) is 0 Å². The molecule has 0 saturated carbocycles. The summed E-state index contributed by atoms with van der Waals surface area (Å²) in [6.45, 7) is 0. The van der Waals surface area contributed by atoms with Gasteiger partial charge in [0.15, 0.2) is 0 Å². The Morgan fingerprint density at radius 3 is 2.87 bits per heavy atom. The van der Waals surface area contributed by atoms with Gasteiger partial charge in [-0.05, 0) is 42.5 Å². The summed E-state index contributed by atoms with van der Waals surface area (Å²) in [5.41, 5.74) is 2.69. The highest BCUT2D eigenvalue weighted by Crippen LogP contribution is 2.25. The topological polar surface area (TPSA) is 70.8 Å². The quantitative estimate of drug-likeness (QED) is 0.560. The van der Waals surface area contributed by atoms with E-state index in [1.807, 2.05) is 24.3 Å². The summed E-state index contributed by atoms with van der Waals surface area (Å²) in [5, 5.41) is 8.84. The van der Waals surface area contributed by atoms with Gasteiger partial charge in [-0.2, -0.15) is 5.10 Å². The maximum absolute atomic E-state index is 12.7. The molecule has 4 rings (SSSR count). The van der Waals surface area contributed by atoms with Gasteiger partial charge in [0.1, 0.15) is 10.9 Å². The first-order valence-corrected chi connectivity index (χ1v) is 7.38. The van der Waals surface area contributed by atoms with Crippen molar-refractivity contribution in [3.8, 4) is 5.75 Å². The highest BCUT2D eigenvalue weighted by Gasteiger charge is 2.14. The first-order chi connectivity index (χ1) is 11.2. The number of fused-ring (bicyclic) bond motifs is 2. The van der Waals surface area contributed by atoms with E-state index in [1.165, 1.54) is 0 Å². The van der Waals surface area contributed by atoms with Gasteiger partial charge < -0.3 is 9.72 Å². The molecule has 114 valence electrons. The van der Waals surface area contributed by atoms with Crippen LogP contribution in [0.15, 0.2) is 42.5 Å². The molecule has 2 heterocycles. The summed E-state index contributed by atoms with van der Waals surface area (Å²) < 4.78 is 5.21. The van der Waals surface area contributed by atoms with Crippen molar-refractivity contribution in [2.24, 2.45) is 0 Å². The number of aromatic amines is 2. The Bertz CT molecular complexity index is 1050. The lowest BCUT2D eigenvalue weighted by molar-refractivity contribution is 0.103. The molecule has 2 aromatic heterocycles. The van der Waals surface area contributed by atoms with E-state index in [0.29, 0.717) is 16.4 Å². The number of nitrogens with zero attached hydrogens (tertiary/aromatic N) is 1. The Balaban J connectivity index is 1.78. The van der Waals surface area contributed by atoms with E-state index in [-0.39, 0.29) is 5.78 Å². The van der Waals surface area contributed by atoms with E-state index in [9.17, 15) is 4.79 Å². The van der Waals surface area contributed by atoms with Gasteiger partial charge in [0, 0.05) is 21.9 Å². The van der Waals surface area contributed by atoms with Crippen LogP contribution < -0.4 is 4.74 Å².